The number of amides is 2. The molecule has 8 nitrogen and oxygen atoms in total. The third kappa shape index (κ3) is 6.10. The summed E-state index contributed by atoms with van der Waals surface area (Å²) >= 11 is 1.81. The zero-order chi connectivity index (χ0) is 26.3. The molecule has 0 aliphatic carbocycles. The number of rotatable bonds is 12. The molecule has 0 saturated carbocycles. The average Bonchev–Trinajstić information content (AvgIpc) is 3.26. The predicted octanol–water partition coefficient (Wildman–Crippen LogP) is 4.73. The lowest BCUT2D eigenvalue weighted by Gasteiger charge is -2.32. The van der Waals surface area contributed by atoms with Crippen LogP contribution in [0.3, 0.4) is 0 Å². The Bertz CT molecular complexity index is 1280. The zero-order valence-corrected chi connectivity index (χ0v) is 22.4. The first kappa shape index (κ1) is 26.4. The molecule has 5 rings (SSSR count). The number of hydrogen-bond donors (Lipinski definition) is 3. The fourth-order valence-electron chi connectivity index (χ4n) is 5.26. The Labute approximate surface area is 227 Å². The van der Waals surface area contributed by atoms with E-state index in [0.717, 1.165) is 52.3 Å². The van der Waals surface area contributed by atoms with Crippen LogP contribution in [0, 0.1) is 0 Å². The number of piperidine rings is 1. The molecule has 1 fully saturated rings. The normalized spacial score (nSPS) is 19.0. The number of carbonyl (C=O) groups excluding carboxylic acids is 2. The lowest BCUT2D eigenvalue weighted by Crippen LogP contribution is -2.54. The number of carbonyl (C=O) groups is 2. The van der Waals surface area contributed by atoms with E-state index in [0.29, 0.717) is 24.9 Å². The van der Waals surface area contributed by atoms with Crippen molar-refractivity contribution in [3.63, 3.8) is 0 Å². The Morgan fingerprint density at radius 1 is 0.974 bits per heavy atom. The van der Waals surface area contributed by atoms with Crippen molar-refractivity contribution < 1.29 is 14.7 Å². The first-order chi connectivity index (χ1) is 18.6. The van der Waals surface area contributed by atoms with Gasteiger partial charge < -0.3 is 20.6 Å². The van der Waals surface area contributed by atoms with Gasteiger partial charge in [0.1, 0.15) is 24.4 Å². The second kappa shape index (κ2) is 12.6. The molecule has 3 aromatic rings. The number of aromatic nitrogens is 2. The molecular weight excluding hydrogens is 498 g/mol. The van der Waals surface area contributed by atoms with E-state index in [4.69, 9.17) is 0 Å². The van der Waals surface area contributed by atoms with Crippen molar-refractivity contribution in [3.8, 4) is 0 Å². The SMILES string of the molecule is O=C1NC(O)CCC1N1Cc2c(SCCCCCCCCNc3ncnc4ccccc34)cccc2C1=O. The van der Waals surface area contributed by atoms with Crippen LogP contribution in [-0.2, 0) is 11.3 Å². The monoisotopic (exact) mass is 533 g/mol. The Hall–Kier alpha value is -3.17. The standard InChI is InChI=1S/C29H35N5O3S/c35-26-15-14-24(28(36)33-26)34-18-22-20(29(34)37)11-9-13-25(22)38-17-8-4-2-1-3-7-16-30-27-21-10-5-6-12-23(21)31-19-32-27/h5-6,9-13,19,24,26,35H,1-4,7-8,14-18H2,(H,33,36)(H,30,31,32). The van der Waals surface area contributed by atoms with Gasteiger partial charge in [0, 0.05) is 28.9 Å². The summed E-state index contributed by atoms with van der Waals surface area (Å²) in [7, 11) is 0. The van der Waals surface area contributed by atoms with Crippen LogP contribution in [0.4, 0.5) is 5.82 Å². The van der Waals surface area contributed by atoms with Crippen molar-refractivity contribution in [2.45, 2.75) is 75.1 Å². The quantitative estimate of drug-likeness (QED) is 0.228. The minimum absolute atomic E-state index is 0.0821. The number of aliphatic hydroxyl groups excluding tert-OH is 1. The second-order valence-corrected chi connectivity index (χ2v) is 11.1. The van der Waals surface area contributed by atoms with Gasteiger partial charge in [-0.15, -0.1) is 11.8 Å². The Morgan fingerprint density at radius 3 is 2.66 bits per heavy atom. The molecule has 0 radical (unpaired) electrons. The average molecular weight is 534 g/mol. The molecule has 2 amide bonds. The van der Waals surface area contributed by atoms with E-state index in [9.17, 15) is 14.7 Å². The van der Waals surface area contributed by atoms with E-state index in [-0.39, 0.29) is 11.8 Å². The number of fused-ring (bicyclic) bond motifs is 2. The molecule has 2 atom stereocenters. The van der Waals surface area contributed by atoms with Gasteiger partial charge in [0.15, 0.2) is 0 Å². The minimum atomic E-state index is -0.813. The van der Waals surface area contributed by atoms with Crippen molar-refractivity contribution in [2.24, 2.45) is 0 Å². The maximum atomic E-state index is 13.0. The van der Waals surface area contributed by atoms with Crippen LogP contribution in [0.15, 0.2) is 53.7 Å². The van der Waals surface area contributed by atoms with Crippen molar-refractivity contribution in [1.82, 2.24) is 20.2 Å². The summed E-state index contributed by atoms with van der Waals surface area (Å²) in [4.78, 5) is 36.9. The number of unbranched alkanes of at least 4 members (excludes halogenated alkanes) is 5. The molecule has 9 heteroatoms. The minimum Gasteiger partial charge on any atom is -0.374 e. The van der Waals surface area contributed by atoms with E-state index < -0.39 is 12.3 Å². The van der Waals surface area contributed by atoms with Crippen LogP contribution < -0.4 is 10.6 Å². The molecule has 0 spiro atoms. The van der Waals surface area contributed by atoms with Crippen LogP contribution >= 0.6 is 11.8 Å². The number of nitrogens with one attached hydrogen (secondary N) is 2. The van der Waals surface area contributed by atoms with Gasteiger partial charge in [-0.1, -0.05) is 43.9 Å². The van der Waals surface area contributed by atoms with E-state index >= 15 is 0 Å². The number of thioether (sulfide) groups is 1. The first-order valence-electron chi connectivity index (χ1n) is 13.6. The molecule has 1 aromatic heterocycles. The van der Waals surface area contributed by atoms with Crippen molar-refractivity contribution in [1.29, 1.82) is 0 Å². The summed E-state index contributed by atoms with van der Waals surface area (Å²) < 4.78 is 0. The number of anilines is 1. The molecule has 38 heavy (non-hydrogen) atoms. The third-order valence-corrected chi connectivity index (χ3v) is 8.50. The topological polar surface area (TPSA) is 107 Å². The zero-order valence-electron chi connectivity index (χ0n) is 21.6. The molecule has 2 aromatic carbocycles. The Balaban J connectivity index is 0.990. The largest absolute Gasteiger partial charge is 0.374 e. The number of aliphatic hydroxyl groups is 1. The highest BCUT2D eigenvalue weighted by atomic mass is 32.2. The molecule has 2 aliphatic rings. The van der Waals surface area contributed by atoms with E-state index in [1.807, 2.05) is 30.3 Å². The molecule has 0 bridgehead atoms. The molecule has 2 unspecified atom stereocenters. The molecule has 3 heterocycles. The van der Waals surface area contributed by atoms with Gasteiger partial charge in [-0.2, -0.15) is 0 Å². The fourth-order valence-corrected chi connectivity index (χ4v) is 6.35. The third-order valence-electron chi connectivity index (χ3n) is 7.32. The van der Waals surface area contributed by atoms with Crippen LogP contribution in [-0.4, -0.2) is 56.4 Å². The second-order valence-electron chi connectivity index (χ2n) is 9.97. The van der Waals surface area contributed by atoms with Crippen LogP contribution in [0.25, 0.3) is 10.9 Å². The summed E-state index contributed by atoms with van der Waals surface area (Å²) in [6, 6.07) is 13.4. The van der Waals surface area contributed by atoms with Gasteiger partial charge in [-0.25, -0.2) is 9.97 Å². The lowest BCUT2D eigenvalue weighted by atomic mass is 10.0. The predicted molar refractivity (Wildman–Crippen MR) is 150 cm³/mol. The van der Waals surface area contributed by atoms with Crippen molar-refractivity contribution in [2.75, 3.05) is 17.6 Å². The summed E-state index contributed by atoms with van der Waals surface area (Å²) in [6.07, 6.45) is 8.84. The fraction of sp³-hybridized carbons (Fsp3) is 0.448. The Morgan fingerprint density at radius 2 is 1.79 bits per heavy atom. The van der Waals surface area contributed by atoms with Gasteiger partial charge >= 0.3 is 0 Å². The molecule has 200 valence electrons. The Kier molecular flexibility index (Phi) is 8.75. The van der Waals surface area contributed by atoms with Crippen LogP contribution in [0.2, 0.25) is 0 Å². The number of para-hydroxylation sites is 1. The molecule has 3 N–H and O–H groups in total. The molecular formula is C29H35N5O3S. The maximum Gasteiger partial charge on any atom is 0.255 e. The van der Waals surface area contributed by atoms with Crippen LogP contribution in [0.1, 0.15) is 67.3 Å². The highest BCUT2D eigenvalue weighted by molar-refractivity contribution is 7.99. The van der Waals surface area contributed by atoms with Crippen molar-refractivity contribution >= 4 is 40.3 Å². The lowest BCUT2D eigenvalue weighted by molar-refractivity contribution is -0.132. The summed E-state index contributed by atoms with van der Waals surface area (Å²) in [5, 5.41) is 16.7. The molecule has 2 aliphatic heterocycles. The van der Waals surface area contributed by atoms with Gasteiger partial charge in [-0.05, 0) is 61.3 Å². The van der Waals surface area contributed by atoms with Crippen LogP contribution in [0.5, 0.6) is 0 Å². The van der Waals surface area contributed by atoms with Gasteiger partial charge in [0.25, 0.3) is 5.91 Å². The molecule has 1 saturated heterocycles. The smallest absolute Gasteiger partial charge is 0.255 e. The van der Waals surface area contributed by atoms with Crippen molar-refractivity contribution in [3.05, 3.63) is 59.9 Å². The first-order valence-corrected chi connectivity index (χ1v) is 14.6. The van der Waals surface area contributed by atoms with Gasteiger partial charge in [-0.3, -0.25) is 9.59 Å². The summed E-state index contributed by atoms with van der Waals surface area (Å²) in [5.74, 6) is 1.58. The highest BCUT2D eigenvalue weighted by Crippen LogP contribution is 2.35. The van der Waals surface area contributed by atoms with Gasteiger partial charge in [0.2, 0.25) is 5.91 Å². The van der Waals surface area contributed by atoms with E-state index in [2.05, 4.69) is 32.7 Å². The maximum absolute atomic E-state index is 13.0. The number of nitrogens with zero attached hydrogens (tertiary/aromatic N) is 3. The number of benzene rings is 2. The summed E-state index contributed by atoms with van der Waals surface area (Å²) in [5.41, 5.74) is 2.70. The number of hydrogen-bond acceptors (Lipinski definition) is 7. The highest BCUT2D eigenvalue weighted by Gasteiger charge is 2.39. The van der Waals surface area contributed by atoms with Gasteiger partial charge in [0.05, 0.1) is 5.52 Å². The van der Waals surface area contributed by atoms with E-state index in [1.165, 1.54) is 25.7 Å². The summed E-state index contributed by atoms with van der Waals surface area (Å²) in [6.45, 7) is 1.37. The van der Waals surface area contributed by atoms with E-state index in [1.54, 1.807) is 23.0 Å².